The molecule has 0 aliphatic carbocycles. The first kappa shape index (κ1) is 18.5. The molecule has 3 rings (SSSR count). The Morgan fingerprint density at radius 3 is 1.60 bits per heavy atom. The van der Waals surface area contributed by atoms with Crippen molar-refractivity contribution in [1.29, 1.82) is 0 Å². The van der Waals surface area contributed by atoms with Crippen LogP contribution in [0.15, 0.2) is 72.3 Å². The molecular formula is C20H20Cl2NOP. The first-order valence-electron chi connectivity index (χ1n) is 8.31. The molecule has 0 radical (unpaired) electrons. The SMILES string of the molecule is O=P(C=C(Cl)c1ccccc1)(/C=C(\Cl)c1ccccc1)N1CCCC1. The van der Waals surface area contributed by atoms with Gasteiger partial charge in [-0.1, -0.05) is 83.9 Å². The van der Waals surface area contributed by atoms with Crippen LogP contribution in [0.4, 0.5) is 0 Å². The van der Waals surface area contributed by atoms with Crippen LogP contribution in [0.2, 0.25) is 0 Å². The van der Waals surface area contributed by atoms with Gasteiger partial charge in [-0.05, 0) is 24.0 Å². The number of halogens is 2. The summed E-state index contributed by atoms with van der Waals surface area (Å²) in [7, 11) is -2.96. The van der Waals surface area contributed by atoms with Gasteiger partial charge in [0.1, 0.15) is 0 Å². The van der Waals surface area contributed by atoms with E-state index in [1.807, 2.05) is 65.3 Å². The Kier molecular flexibility index (Phi) is 6.19. The van der Waals surface area contributed by atoms with E-state index in [0.717, 1.165) is 37.1 Å². The second-order valence-electron chi connectivity index (χ2n) is 6.02. The zero-order valence-electron chi connectivity index (χ0n) is 13.8. The van der Waals surface area contributed by atoms with Gasteiger partial charge >= 0.3 is 0 Å². The predicted octanol–water partition coefficient (Wildman–Crippen LogP) is 6.84. The predicted molar refractivity (Wildman–Crippen MR) is 109 cm³/mol. The van der Waals surface area contributed by atoms with Gasteiger partial charge in [0.05, 0.1) is 10.1 Å². The van der Waals surface area contributed by atoms with Crippen molar-refractivity contribution in [2.45, 2.75) is 12.8 Å². The van der Waals surface area contributed by atoms with Crippen LogP contribution in [-0.2, 0) is 4.57 Å². The molecule has 1 unspecified atom stereocenters. The second-order valence-corrected chi connectivity index (χ2v) is 9.26. The Labute approximate surface area is 159 Å². The monoisotopic (exact) mass is 391 g/mol. The molecule has 130 valence electrons. The van der Waals surface area contributed by atoms with E-state index in [1.165, 1.54) is 0 Å². The number of hydrogen-bond donors (Lipinski definition) is 0. The van der Waals surface area contributed by atoms with Crippen molar-refractivity contribution in [3.8, 4) is 0 Å². The lowest BCUT2D eigenvalue weighted by atomic mass is 10.2. The molecule has 2 nitrogen and oxygen atoms in total. The van der Waals surface area contributed by atoms with Crippen molar-refractivity contribution >= 4 is 40.6 Å². The lowest BCUT2D eigenvalue weighted by Gasteiger charge is -2.23. The van der Waals surface area contributed by atoms with Gasteiger partial charge in [-0.15, -0.1) is 0 Å². The summed E-state index contributed by atoms with van der Waals surface area (Å²) in [5, 5.41) is 0.981. The third-order valence-corrected chi connectivity index (χ3v) is 7.72. The average molecular weight is 392 g/mol. The van der Waals surface area contributed by atoms with Gasteiger partial charge < -0.3 is 0 Å². The van der Waals surface area contributed by atoms with Crippen LogP contribution in [0.5, 0.6) is 0 Å². The Morgan fingerprint density at radius 2 is 1.20 bits per heavy atom. The molecule has 2 aromatic rings. The maximum absolute atomic E-state index is 13.8. The zero-order valence-corrected chi connectivity index (χ0v) is 16.2. The molecule has 0 spiro atoms. The Balaban J connectivity index is 2.01. The summed E-state index contributed by atoms with van der Waals surface area (Å²) in [6.07, 6.45) is 2.08. The molecule has 0 aromatic heterocycles. The molecule has 2 aromatic carbocycles. The summed E-state index contributed by atoms with van der Waals surface area (Å²) >= 11 is 13.0. The summed E-state index contributed by atoms with van der Waals surface area (Å²) in [5.74, 6) is 3.36. The largest absolute Gasteiger partial charge is 0.297 e. The van der Waals surface area contributed by atoms with Gasteiger partial charge in [-0.25, -0.2) is 4.67 Å². The molecule has 25 heavy (non-hydrogen) atoms. The van der Waals surface area contributed by atoms with Crippen LogP contribution >= 0.6 is 30.5 Å². The molecule has 1 aliphatic heterocycles. The lowest BCUT2D eigenvalue weighted by molar-refractivity contribution is 0.491. The first-order chi connectivity index (χ1) is 12.1. The van der Waals surface area contributed by atoms with Gasteiger partial charge in [0.25, 0.3) is 0 Å². The van der Waals surface area contributed by atoms with Crippen LogP contribution in [0.1, 0.15) is 24.0 Å². The molecule has 1 heterocycles. The van der Waals surface area contributed by atoms with Crippen LogP contribution in [-0.4, -0.2) is 17.8 Å². The van der Waals surface area contributed by atoms with Crippen molar-refractivity contribution in [2.24, 2.45) is 0 Å². The van der Waals surface area contributed by atoms with Crippen molar-refractivity contribution in [3.63, 3.8) is 0 Å². The summed E-state index contributed by atoms with van der Waals surface area (Å²) in [5.41, 5.74) is 1.71. The molecule has 0 saturated carbocycles. The minimum Gasteiger partial charge on any atom is -0.297 e. The Hall–Kier alpha value is -1.31. The number of nitrogens with zero attached hydrogens (tertiary/aromatic N) is 1. The van der Waals surface area contributed by atoms with Crippen LogP contribution in [0.3, 0.4) is 0 Å². The van der Waals surface area contributed by atoms with E-state index in [0.29, 0.717) is 10.1 Å². The van der Waals surface area contributed by atoms with Gasteiger partial charge in [0.15, 0.2) is 7.29 Å². The maximum atomic E-state index is 13.8. The second kappa shape index (κ2) is 8.38. The summed E-state index contributed by atoms with van der Waals surface area (Å²) < 4.78 is 15.8. The average Bonchev–Trinajstić information content (AvgIpc) is 3.18. The van der Waals surface area contributed by atoms with E-state index >= 15 is 0 Å². The van der Waals surface area contributed by atoms with Gasteiger partial charge in [0.2, 0.25) is 0 Å². The molecular weight excluding hydrogens is 372 g/mol. The molecule has 1 fully saturated rings. The fourth-order valence-corrected chi connectivity index (χ4v) is 6.23. The molecule has 0 N–H and O–H groups in total. The van der Waals surface area contributed by atoms with Crippen LogP contribution in [0, 0.1) is 0 Å². The molecule has 0 bridgehead atoms. The maximum Gasteiger partial charge on any atom is 0.196 e. The quantitative estimate of drug-likeness (QED) is 0.520. The molecule has 0 amide bonds. The first-order valence-corrected chi connectivity index (χ1v) is 10.9. The minimum atomic E-state index is -2.96. The fourth-order valence-electron chi connectivity index (χ4n) is 2.88. The highest BCUT2D eigenvalue weighted by atomic mass is 35.5. The van der Waals surface area contributed by atoms with Crippen molar-refractivity contribution in [1.82, 2.24) is 4.67 Å². The lowest BCUT2D eigenvalue weighted by Crippen LogP contribution is -2.13. The minimum absolute atomic E-state index is 0.490. The smallest absolute Gasteiger partial charge is 0.196 e. The van der Waals surface area contributed by atoms with Crippen LogP contribution < -0.4 is 0 Å². The van der Waals surface area contributed by atoms with Crippen molar-refractivity contribution in [3.05, 3.63) is 83.4 Å². The van der Waals surface area contributed by atoms with E-state index in [-0.39, 0.29) is 0 Å². The highest BCUT2D eigenvalue weighted by Gasteiger charge is 2.30. The van der Waals surface area contributed by atoms with E-state index in [4.69, 9.17) is 23.2 Å². The van der Waals surface area contributed by atoms with E-state index in [9.17, 15) is 4.57 Å². The third kappa shape index (κ3) is 4.65. The Bertz CT molecular complexity index is 753. The highest BCUT2D eigenvalue weighted by molar-refractivity contribution is 7.68. The number of rotatable bonds is 5. The summed E-state index contributed by atoms with van der Waals surface area (Å²) in [4.78, 5) is 0. The van der Waals surface area contributed by atoms with Crippen molar-refractivity contribution in [2.75, 3.05) is 13.1 Å². The van der Waals surface area contributed by atoms with Crippen LogP contribution in [0.25, 0.3) is 10.1 Å². The summed E-state index contributed by atoms with van der Waals surface area (Å²) in [6, 6.07) is 19.2. The Morgan fingerprint density at radius 1 is 0.800 bits per heavy atom. The van der Waals surface area contributed by atoms with Crippen molar-refractivity contribution < 1.29 is 4.57 Å². The summed E-state index contributed by atoms with van der Waals surface area (Å²) in [6.45, 7) is 1.59. The molecule has 5 heteroatoms. The topological polar surface area (TPSA) is 20.3 Å². The third-order valence-electron chi connectivity index (χ3n) is 4.22. The van der Waals surface area contributed by atoms with Gasteiger partial charge in [0, 0.05) is 24.7 Å². The molecule has 1 saturated heterocycles. The molecule has 1 aliphatic rings. The zero-order chi connectivity index (χ0) is 17.7. The highest BCUT2D eigenvalue weighted by Crippen LogP contribution is 2.58. The molecule has 1 atom stereocenters. The normalized spacial score (nSPS) is 19.0. The van der Waals surface area contributed by atoms with Gasteiger partial charge in [-0.2, -0.15) is 0 Å². The fraction of sp³-hybridized carbons (Fsp3) is 0.200. The van der Waals surface area contributed by atoms with E-state index < -0.39 is 7.29 Å². The van der Waals surface area contributed by atoms with Gasteiger partial charge in [-0.3, -0.25) is 4.57 Å². The van der Waals surface area contributed by atoms with E-state index in [2.05, 4.69) is 0 Å². The number of hydrogen-bond acceptors (Lipinski definition) is 1. The number of benzene rings is 2. The standard InChI is InChI=1S/C20H20Cl2NOP/c21-19(17-9-3-1-4-10-17)15-25(24,23-13-7-8-14-23)16-20(22)18-11-5-2-6-12-18/h1-6,9-12,15-16H,7-8,13-14H2/b19-15-,20-16?. The van der Waals surface area contributed by atoms with E-state index in [1.54, 1.807) is 11.6 Å².